The molecule has 6 nitrogen and oxygen atoms in total. The quantitative estimate of drug-likeness (QED) is 0.408. The van der Waals surface area contributed by atoms with Crippen molar-refractivity contribution in [3.8, 4) is 5.75 Å². The Labute approximate surface area is 185 Å². The van der Waals surface area contributed by atoms with Gasteiger partial charge in [-0.05, 0) is 43.7 Å². The van der Waals surface area contributed by atoms with Gasteiger partial charge in [-0.2, -0.15) is 5.10 Å². The number of nitrogens with zero attached hydrogens (tertiary/aromatic N) is 2. The van der Waals surface area contributed by atoms with Crippen LogP contribution in [-0.4, -0.2) is 15.7 Å². The molecule has 2 aromatic heterocycles. The van der Waals surface area contributed by atoms with E-state index in [1.807, 2.05) is 61.0 Å². The van der Waals surface area contributed by atoms with Crippen molar-refractivity contribution in [2.45, 2.75) is 27.0 Å². The van der Waals surface area contributed by atoms with E-state index in [0.29, 0.717) is 28.8 Å². The lowest BCUT2D eigenvalue weighted by molar-refractivity contribution is 0.0992. The molecule has 7 heteroatoms. The molecule has 0 spiro atoms. The predicted octanol–water partition coefficient (Wildman–Crippen LogP) is 5.63. The molecule has 31 heavy (non-hydrogen) atoms. The molecular formula is C24H22ClN3O3. The highest BCUT2D eigenvalue weighted by molar-refractivity contribution is 6.32. The monoisotopic (exact) mass is 435 g/mol. The van der Waals surface area contributed by atoms with E-state index in [0.717, 1.165) is 17.0 Å². The number of aryl methyl sites for hydroxylation is 1. The maximum atomic E-state index is 12.7. The van der Waals surface area contributed by atoms with Crippen molar-refractivity contribution in [3.05, 3.63) is 100 Å². The van der Waals surface area contributed by atoms with Crippen LogP contribution in [0.25, 0.3) is 0 Å². The van der Waals surface area contributed by atoms with Crippen molar-refractivity contribution >= 4 is 23.2 Å². The van der Waals surface area contributed by atoms with Gasteiger partial charge in [-0.25, -0.2) is 0 Å². The van der Waals surface area contributed by atoms with Gasteiger partial charge in [-0.1, -0.05) is 54.1 Å². The minimum atomic E-state index is -0.338. The summed E-state index contributed by atoms with van der Waals surface area (Å²) in [5, 5.41) is 8.01. The standard InChI is InChI=1S/C24H22ClN3O3/c1-16-23(17(2)28(27-16)14-18-8-4-3-5-9-18)26-24(29)22-13-12-19(31-22)15-30-21-11-7-6-10-20(21)25/h3-13H,14-15H2,1-2H3,(H,26,29). The Morgan fingerprint density at radius 2 is 1.81 bits per heavy atom. The first-order valence-electron chi connectivity index (χ1n) is 9.86. The second-order valence-corrected chi connectivity index (χ2v) is 7.54. The topological polar surface area (TPSA) is 69.3 Å². The molecule has 4 rings (SSSR count). The molecule has 1 N–H and O–H groups in total. The number of rotatable bonds is 7. The fourth-order valence-corrected chi connectivity index (χ4v) is 3.44. The smallest absolute Gasteiger partial charge is 0.291 e. The van der Waals surface area contributed by atoms with E-state index in [-0.39, 0.29) is 18.3 Å². The van der Waals surface area contributed by atoms with Crippen LogP contribution in [0.4, 0.5) is 5.69 Å². The molecule has 2 aromatic carbocycles. The summed E-state index contributed by atoms with van der Waals surface area (Å²) in [4.78, 5) is 12.7. The highest BCUT2D eigenvalue weighted by Gasteiger charge is 2.18. The van der Waals surface area contributed by atoms with Gasteiger partial charge >= 0.3 is 0 Å². The zero-order valence-electron chi connectivity index (χ0n) is 17.3. The van der Waals surface area contributed by atoms with Crippen molar-refractivity contribution in [2.24, 2.45) is 0 Å². The third-order valence-electron chi connectivity index (χ3n) is 4.89. The highest BCUT2D eigenvalue weighted by atomic mass is 35.5. The molecule has 0 aliphatic rings. The van der Waals surface area contributed by atoms with E-state index in [9.17, 15) is 4.79 Å². The second-order valence-electron chi connectivity index (χ2n) is 7.13. The van der Waals surface area contributed by atoms with Crippen LogP contribution in [0, 0.1) is 13.8 Å². The number of benzene rings is 2. The lowest BCUT2D eigenvalue weighted by Crippen LogP contribution is -2.12. The van der Waals surface area contributed by atoms with Gasteiger partial charge in [0.2, 0.25) is 0 Å². The minimum Gasteiger partial charge on any atom is -0.484 e. The second kappa shape index (κ2) is 9.10. The van der Waals surface area contributed by atoms with Gasteiger partial charge in [0.1, 0.15) is 18.1 Å². The lowest BCUT2D eigenvalue weighted by atomic mass is 10.2. The van der Waals surface area contributed by atoms with E-state index in [1.54, 1.807) is 24.3 Å². The van der Waals surface area contributed by atoms with Crippen LogP contribution in [0.5, 0.6) is 5.75 Å². The Balaban J connectivity index is 1.42. The Morgan fingerprint density at radius 3 is 2.58 bits per heavy atom. The van der Waals surface area contributed by atoms with E-state index < -0.39 is 0 Å². The van der Waals surface area contributed by atoms with E-state index in [2.05, 4.69) is 10.4 Å². The average molecular weight is 436 g/mol. The molecule has 0 atom stereocenters. The molecular weight excluding hydrogens is 414 g/mol. The Morgan fingerprint density at radius 1 is 1.06 bits per heavy atom. The number of amides is 1. The molecule has 4 aromatic rings. The molecule has 0 aliphatic heterocycles. The maximum Gasteiger partial charge on any atom is 0.291 e. The number of aromatic nitrogens is 2. The zero-order chi connectivity index (χ0) is 21.8. The molecule has 158 valence electrons. The van der Waals surface area contributed by atoms with Gasteiger partial charge in [0.25, 0.3) is 5.91 Å². The third kappa shape index (κ3) is 4.81. The number of hydrogen-bond acceptors (Lipinski definition) is 4. The number of nitrogens with one attached hydrogen (secondary N) is 1. The van der Waals surface area contributed by atoms with E-state index in [4.69, 9.17) is 20.8 Å². The van der Waals surface area contributed by atoms with Crippen molar-refractivity contribution in [2.75, 3.05) is 5.32 Å². The van der Waals surface area contributed by atoms with Gasteiger partial charge in [-0.3, -0.25) is 9.48 Å². The molecule has 0 fully saturated rings. The van der Waals surface area contributed by atoms with Crippen molar-refractivity contribution in [1.82, 2.24) is 9.78 Å². The van der Waals surface area contributed by atoms with Gasteiger partial charge in [-0.15, -0.1) is 0 Å². The fraction of sp³-hybridized carbons (Fsp3) is 0.167. The SMILES string of the molecule is Cc1nn(Cc2ccccc2)c(C)c1NC(=O)c1ccc(COc2ccccc2Cl)o1. The molecule has 0 saturated heterocycles. The van der Waals surface area contributed by atoms with Crippen molar-refractivity contribution < 1.29 is 13.9 Å². The molecule has 0 unspecified atom stereocenters. The molecule has 0 saturated carbocycles. The van der Waals surface area contributed by atoms with Gasteiger partial charge < -0.3 is 14.5 Å². The van der Waals surface area contributed by atoms with Crippen LogP contribution < -0.4 is 10.1 Å². The predicted molar refractivity (Wildman–Crippen MR) is 120 cm³/mol. The summed E-state index contributed by atoms with van der Waals surface area (Å²) in [6.07, 6.45) is 0. The summed E-state index contributed by atoms with van der Waals surface area (Å²) in [6.45, 7) is 4.61. The van der Waals surface area contributed by atoms with Gasteiger partial charge in [0.15, 0.2) is 5.76 Å². The number of hydrogen-bond donors (Lipinski definition) is 1. The lowest BCUT2D eigenvalue weighted by Gasteiger charge is -2.07. The number of ether oxygens (including phenoxy) is 1. The number of anilines is 1. The summed E-state index contributed by atoms with van der Waals surface area (Å²) in [7, 11) is 0. The minimum absolute atomic E-state index is 0.171. The number of para-hydroxylation sites is 1. The first kappa shape index (κ1) is 20.8. The van der Waals surface area contributed by atoms with Crippen molar-refractivity contribution in [3.63, 3.8) is 0 Å². The Kier molecular flexibility index (Phi) is 6.09. The summed E-state index contributed by atoms with van der Waals surface area (Å²) >= 11 is 6.09. The van der Waals surface area contributed by atoms with Crippen LogP contribution >= 0.6 is 11.6 Å². The van der Waals surface area contributed by atoms with E-state index in [1.165, 1.54) is 0 Å². The highest BCUT2D eigenvalue weighted by Crippen LogP contribution is 2.25. The molecule has 2 heterocycles. The molecule has 1 amide bonds. The Hall–Kier alpha value is -3.51. The summed E-state index contributed by atoms with van der Waals surface area (Å²) in [5.74, 6) is 0.948. The number of furan rings is 1. The zero-order valence-corrected chi connectivity index (χ0v) is 18.0. The third-order valence-corrected chi connectivity index (χ3v) is 5.20. The van der Waals surface area contributed by atoms with Crippen LogP contribution in [0.15, 0.2) is 71.1 Å². The number of halogens is 1. The first-order chi connectivity index (χ1) is 15.0. The molecule has 0 aliphatic carbocycles. The number of carbonyl (C=O) groups excluding carboxylic acids is 1. The average Bonchev–Trinajstić information content (AvgIpc) is 3.34. The Bertz CT molecular complexity index is 1200. The first-order valence-corrected chi connectivity index (χ1v) is 10.2. The van der Waals surface area contributed by atoms with Crippen molar-refractivity contribution in [1.29, 1.82) is 0 Å². The van der Waals surface area contributed by atoms with Crippen LogP contribution in [0.2, 0.25) is 5.02 Å². The van der Waals surface area contributed by atoms with Crippen LogP contribution in [-0.2, 0) is 13.2 Å². The van der Waals surface area contributed by atoms with E-state index >= 15 is 0 Å². The largest absolute Gasteiger partial charge is 0.484 e. The van der Waals surface area contributed by atoms with Crippen LogP contribution in [0.3, 0.4) is 0 Å². The normalized spacial score (nSPS) is 10.8. The number of carbonyl (C=O) groups is 1. The fourth-order valence-electron chi connectivity index (χ4n) is 3.25. The summed E-state index contributed by atoms with van der Waals surface area (Å²) in [6, 6.07) is 20.6. The summed E-state index contributed by atoms with van der Waals surface area (Å²) in [5.41, 5.74) is 3.45. The summed E-state index contributed by atoms with van der Waals surface area (Å²) < 4.78 is 13.2. The molecule has 0 bridgehead atoms. The van der Waals surface area contributed by atoms with Crippen LogP contribution in [0.1, 0.15) is 33.3 Å². The molecule has 0 radical (unpaired) electrons. The maximum absolute atomic E-state index is 12.7. The van der Waals surface area contributed by atoms with Gasteiger partial charge in [0, 0.05) is 0 Å². The van der Waals surface area contributed by atoms with Gasteiger partial charge in [0.05, 0.1) is 28.6 Å².